The highest BCUT2D eigenvalue weighted by Crippen LogP contribution is 2.46. The van der Waals surface area contributed by atoms with Gasteiger partial charge < -0.3 is 10.0 Å². The summed E-state index contributed by atoms with van der Waals surface area (Å²) in [6, 6.07) is 9.85. The van der Waals surface area contributed by atoms with Gasteiger partial charge in [-0.15, -0.1) is 11.8 Å². The molecule has 2 rings (SSSR count). The average Bonchev–Trinajstić information content (AvgIpc) is 2.88. The Morgan fingerprint density at radius 3 is 2.40 bits per heavy atom. The van der Waals surface area contributed by atoms with Crippen molar-refractivity contribution in [1.82, 2.24) is 4.90 Å². The number of amides is 1. The van der Waals surface area contributed by atoms with Crippen LogP contribution in [0.5, 0.6) is 0 Å². The van der Waals surface area contributed by atoms with Crippen molar-refractivity contribution in [2.75, 3.05) is 13.6 Å². The van der Waals surface area contributed by atoms with Crippen LogP contribution in [0.15, 0.2) is 35.2 Å². The van der Waals surface area contributed by atoms with E-state index in [4.69, 9.17) is 5.11 Å². The number of hydrogen-bond acceptors (Lipinski definition) is 3. The van der Waals surface area contributed by atoms with Crippen molar-refractivity contribution in [3.8, 4) is 0 Å². The van der Waals surface area contributed by atoms with Crippen LogP contribution in [0, 0.1) is 0 Å². The van der Waals surface area contributed by atoms with Gasteiger partial charge in [-0.05, 0) is 25.0 Å². The summed E-state index contributed by atoms with van der Waals surface area (Å²) in [5.41, 5.74) is 0. The second kappa shape index (κ2) is 6.31. The molecule has 1 aromatic carbocycles. The minimum absolute atomic E-state index is 0.0637. The van der Waals surface area contributed by atoms with Gasteiger partial charge in [-0.2, -0.15) is 0 Å². The lowest BCUT2D eigenvalue weighted by Gasteiger charge is -2.31. The third kappa shape index (κ3) is 3.33. The standard InChI is InChI=1S/C15H19NO3S/c1-16(11-13(17)18)14(19)15(9-5-6-10-15)20-12-7-3-2-4-8-12/h2-4,7-8H,5-6,9-11H2,1H3,(H,17,18). The Kier molecular flexibility index (Phi) is 4.70. The molecule has 0 saturated heterocycles. The molecule has 1 amide bonds. The van der Waals surface area contributed by atoms with E-state index in [0.717, 1.165) is 30.6 Å². The van der Waals surface area contributed by atoms with Crippen LogP contribution >= 0.6 is 11.8 Å². The van der Waals surface area contributed by atoms with E-state index in [9.17, 15) is 9.59 Å². The molecule has 20 heavy (non-hydrogen) atoms. The number of carboxylic acids is 1. The Hall–Kier alpha value is -1.49. The summed E-state index contributed by atoms with van der Waals surface area (Å²) in [4.78, 5) is 25.8. The first kappa shape index (κ1) is 14.9. The van der Waals surface area contributed by atoms with Gasteiger partial charge in [0.15, 0.2) is 0 Å². The molecule has 0 spiro atoms. The monoisotopic (exact) mass is 293 g/mol. The highest BCUT2D eigenvalue weighted by molar-refractivity contribution is 8.01. The number of rotatable bonds is 5. The largest absolute Gasteiger partial charge is 0.480 e. The van der Waals surface area contributed by atoms with E-state index < -0.39 is 10.7 Å². The normalized spacial score (nSPS) is 16.9. The number of likely N-dealkylation sites (N-methyl/N-ethyl adjacent to an activating group) is 1. The molecule has 108 valence electrons. The predicted octanol–water partition coefficient (Wildman–Crippen LogP) is 2.63. The zero-order valence-corrected chi connectivity index (χ0v) is 12.4. The maximum absolute atomic E-state index is 12.6. The van der Waals surface area contributed by atoms with Crippen LogP contribution in [0.1, 0.15) is 25.7 Å². The molecule has 0 aliphatic heterocycles. The molecule has 0 aromatic heterocycles. The summed E-state index contributed by atoms with van der Waals surface area (Å²) in [6.45, 7) is -0.240. The zero-order valence-electron chi connectivity index (χ0n) is 11.5. The minimum atomic E-state index is -0.973. The van der Waals surface area contributed by atoms with Crippen LogP contribution in [-0.4, -0.2) is 40.2 Å². The van der Waals surface area contributed by atoms with Crippen molar-refractivity contribution in [2.24, 2.45) is 0 Å². The molecular formula is C15H19NO3S. The first-order valence-electron chi connectivity index (χ1n) is 6.75. The molecule has 1 aliphatic rings. The molecule has 4 nitrogen and oxygen atoms in total. The molecular weight excluding hydrogens is 274 g/mol. The minimum Gasteiger partial charge on any atom is -0.480 e. The van der Waals surface area contributed by atoms with Gasteiger partial charge in [0.25, 0.3) is 0 Å². The first-order valence-corrected chi connectivity index (χ1v) is 7.56. The molecule has 5 heteroatoms. The number of thioether (sulfide) groups is 1. The number of hydrogen-bond donors (Lipinski definition) is 1. The molecule has 0 unspecified atom stereocenters. The number of benzene rings is 1. The molecule has 0 atom stereocenters. The van der Waals surface area contributed by atoms with Crippen LogP contribution in [0.4, 0.5) is 0 Å². The van der Waals surface area contributed by atoms with Gasteiger partial charge in [0, 0.05) is 11.9 Å². The lowest BCUT2D eigenvalue weighted by Crippen LogP contribution is -2.45. The maximum atomic E-state index is 12.6. The van der Waals surface area contributed by atoms with E-state index in [0.29, 0.717) is 0 Å². The summed E-state index contributed by atoms with van der Waals surface area (Å²) >= 11 is 1.58. The van der Waals surface area contributed by atoms with Crippen molar-refractivity contribution >= 4 is 23.6 Å². The van der Waals surface area contributed by atoms with Gasteiger partial charge in [0.05, 0.1) is 4.75 Å². The van der Waals surface area contributed by atoms with Gasteiger partial charge in [-0.3, -0.25) is 9.59 Å². The van der Waals surface area contributed by atoms with Crippen molar-refractivity contribution in [1.29, 1.82) is 0 Å². The zero-order chi connectivity index (χ0) is 14.6. The van der Waals surface area contributed by atoms with Crippen LogP contribution in [-0.2, 0) is 9.59 Å². The third-order valence-corrected chi connectivity index (χ3v) is 5.06. The third-order valence-electron chi connectivity index (χ3n) is 3.58. The molecule has 0 radical (unpaired) electrons. The summed E-state index contributed by atoms with van der Waals surface area (Å²) in [7, 11) is 1.57. The Morgan fingerprint density at radius 1 is 1.25 bits per heavy atom. The second-order valence-electron chi connectivity index (χ2n) is 5.17. The summed E-state index contributed by atoms with van der Waals surface area (Å²) in [6.07, 6.45) is 3.67. The van der Waals surface area contributed by atoms with Gasteiger partial charge in [-0.25, -0.2) is 0 Å². The Labute approximate surface area is 123 Å². The lowest BCUT2D eigenvalue weighted by atomic mass is 10.1. The predicted molar refractivity (Wildman–Crippen MR) is 78.8 cm³/mol. The molecule has 1 fully saturated rings. The number of carboxylic acid groups (broad SMARTS) is 1. The molecule has 1 aromatic rings. The fourth-order valence-corrected chi connectivity index (χ4v) is 4.12. The first-order chi connectivity index (χ1) is 9.53. The van der Waals surface area contributed by atoms with E-state index in [1.165, 1.54) is 4.90 Å². The van der Waals surface area contributed by atoms with Gasteiger partial charge in [0.2, 0.25) is 5.91 Å². The number of aliphatic carboxylic acids is 1. The van der Waals surface area contributed by atoms with E-state index in [-0.39, 0.29) is 12.5 Å². The van der Waals surface area contributed by atoms with Gasteiger partial charge in [-0.1, -0.05) is 31.0 Å². The number of carbonyl (C=O) groups excluding carboxylic acids is 1. The smallest absolute Gasteiger partial charge is 0.323 e. The highest BCUT2D eigenvalue weighted by atomic mass is 32.2. The summed E-state index contributed by atoms with van der Waals surface area (Å²) < 4.78 is -0.494. The number of carbonyl (C=O) groups is 2. The van der Waals surface area contributed by atoms with Crippen molar-refractivity contribution in [2.45, 2.75) is 35.3 Å². The number of nitrogens with zero attached hydrogens (tertiary/aromatic N) is 1. The summed E-state index contributed by atoms with van der Waals surface area (Å²) in [5, 5.41) is 8.85. The quantitative estimate of drug-likeness (QED) is 0.906. The molecule has 0 heterocycles. The summed E-state index contributed by atoms with van der Waals surface area (Å²) in [5.74, 6) is -1.04. The van der Waals surface area contributed by atoms with Crippen LogP contribution < -0.4 is 0 Å². The molecule has 1 N–H and O–H groups in total. The Balaban J connectivity index is 2.17. The van der Waals surface area contributed by atoms with Gasteiger partial charge >= 0.3 is 5.97 Å². The van der Waals surface area contributed by atoms with Crippen LogP contribution in [0.3, 0.4) is 0 Å². The average molecular weight is 293 g/mol. The van der Waals surface area contributed by atoms with Gasteiger partial charge in [0.1, 0.15) is 6.54 Å². The molecule has 0 bridgehead atoms. The van der Waals surface area contributed by atoms with Crippen molar-refractivity contribution in [3.63, 3.8) is 0 Å². The topological polar surface area (TPSA) is 57.6 Å². The molecule has 1 saturated carbocycles. The fraction of sp³-hybridized carbons (Fsp3) is 0.467. The second-order valence-corrected chi connectivity index (χ2v) is 6.63. The lowest BCUT2D eigenvalue weighted by molar-refractivity contribution is -0.144. The SMILES string of the molecule is CN(CC(=O)O)C(=O)C1(Sc2ccccc2)CCCC1. The Bertz CT molecular complexity index is 483. The Morgan fingerprint density at radius 2 is 1.85 bits per heavy atom. The van der Waals surface area contributed by atoms with Crippen molar-refractivity contribution < 1.29 is 14.7 Å². The highest BCUT2D eigenvalue weighted by Gasteiger charge is 2.44. The maximum Gasteiger partial charge on any atom is 0.323 e. The molecule has 1 aliphatic carbocycles. The van der Waals surface area contributed by atoms with Crippen LogP contribution in [0.25, 0.3) is 0 Å². The van der Waals surface area contributed by atoms with E-state index in [2.05, 4.69) is 0 Å². The van der Waals surface area contributed by atoms with Crippen LogP contribution in [0.2, 0.25) is 0 Å². The van der Waals surface area contributed by atoms with E-state index in [1.807, 2.05) is 30.3 Å². The fourth-order valence-electron chi connectivity index (χ4n) is 2.64. The van der Waals surface area contributed by atoms with E-state index in [1.54, 1.807) is 18.8 Å². The van der Waals surface area contributed by atoms with Crippen molar-refractivity contribution in [3.05, 3.63) is 30.3 Å². The van der Waals surface area contributed by atoms with E-state index >= 15 is 0 Å².